The second-order valence-corrected chi connectivity index (χ2v) is 4.02. The van der Waals surface area contributed by atoms with E-state index in [1.807, 2.05) is 60.7 Å². The number of primary amides is 2. The molecular weight excluding hydrogens is 268 g/mol. The largest absolute Gasteiger partial charge is 0.352 e. The zero-order valence-corrected chi connectivity index (χ0v) is 11.1. The van der Waals surface area contributed by atoms with Gasteiger partial charge >= 0.3 is 6.03 Å². The van der Waals surface area contributed by atoms with Crippen LogP contribution in [0.4, 0.5) is 4.79 Å². The van der Waals surface area contributed by atoms with Crippen LogP contribution in [0, 0.1) is 0 Å². The summed E-state index contributed by atoms with van der Waals surface area (Å²) < 4.78 is 1.73. The molecule has 7 heteroatoms. The molecule has 0 aliphatic carbocycles. The number of para-hydroxylation sites is 1. The molecule has 0 radical (unpaired) electrons. The molecule has 0 atom stereocenters. The normalized spacial score (nSPS) is 9.52. The fourth-order valence-corrected chi connectivity index (χ4v) is 1.70. The van der Waals surface area contributed by atoms with Crippen LogP contribution in [0.15, 0.2) is 60.7 Å². The smallest absolute Gasteiger partial charge is 0.309 e. The van der Waals surface area contributed by atoms with Crippen LogP contribution in [-0.2, 0) is 0 Å². The van der Waals surface area contributed by atoms with Crippen LogP contribution in [0.2, 0.25) is 0 Å². The predicted octanol–water partition coefficient (Wildman–Crippen LogP) is 1.35. The molecule has 0 saturated heterocycles. The highest BCUT2D eigenvalue weighted by Crippen LogP contribution is 2.18. The molecule has 0 aliphatic heterocycles. The Bertz CT molecular complexity index is 638. The van der Waals surface area contributed by atoms with Crippen molar-refractivity contribution >= 4 is 6.03 Å². The third kappa shape index (κ3) is 3.87. The molecule has 0 saturated carbocycles. The van der Waals surface area contributed by atoms with Crippen molar-refractivity contribution in [1.82, 2.24) is 20.2 Å². The number of carbonyl (C=O) groups excluding carboxylic acids is 1. The van der Waals surface area contributed by atoms with E-state index in [0.29, 0.717) is 0 Å². The quantitative estimate of drug-likeness (QED) is 0.738. The Hall–Kier alpha value is -3.22. The Labute approximate surface area is 121 Å². The van der Waals surface area contributed by atoms with E-state index < -0.39 is 6.03 Å². The zero-order chi connectivity index (χ0) is 15.1. The maximum atomic E-state index is 9.00. The molecule has 106 valence electrons. The van der Waals surface area contributed by atoms with E-state index in [9.17, 15) is 0 Å². The Morgan fingerprint density at radius 2 is 1.43 bits per heavy atom. The lowest BCUT2D eigenvalue weighted by Gasteiger charge is -2.03. The van der Waals surface area contributed by atoms with Gasteiger partial charge in [-0.1, -0.05) is 48.5 Å². The van der Waals surface area contributed by atoms with E-state index in [0.717, 1.165) is 17.1 Å². The van der Waals surface area contributed by atoms with Crippen LogP contribution in [0.25, 0.3) is 17.1 Å². The number of amides is 2. The average molecular weight is 282 g/mol. The molecule has 0 fully saturated rings. The molecule has 1 aromatic heterocycles. The maximum absolute atomic E-state index is 9.00. The number of aromatic nitrogens is 4. The van der Waals surface area contributed by atoms with E-state index in [2.05, 4.69) is 27.0 Å². The van der Waals surface area contributed by atoms with E-state index in [1.54, 1.807) is 4.68 Å². The van der Waals surface area contributed by atoms with Gasteiger partial charge in [-0.2, -0.15) is 4.68 Å². The Kier molecular flexibility index (Phi) is 4.60. The molecule has 3 rings (SSSR count). The van der Waals surface area contributed by atoms with Gasteiger partial charge in [0.25, 0.3) is 0 Å². The van der Waals surface area contributed by atoms with Crippen molar-refractivity contribution in [3.8, 4) is 17.1 Å². The van der Waals surface area contributed by atoms with Crippen molar-refractivity contribution in [1.29, 1.82) is 0 Å². The molecule has 21 heavy (non-hydrogen) atoms. The summed E-state index contributed by atoms with van der Waals surface area (Å²) in [6, 6.07) is 18.9. The summed E-state index contributed by atoms with van der Waals surface area (Å²) >= 11 is 0. The van der Waals surface area contributed by atoms with Gasteiger partial charge in [-0.3, -0.25) is 0 Å². The van der Waals surface area contributed by atoms with Gasteiger partial charge in [0.1, 0.15) is 0 Å². The van der Waals surface area contributed by atoms with E-state index in [4.69, 9.17) is 4.79 Å². The topological polar surface area (TPSA) is 113 Å². The molecule has 2 aromatic carbocycles. The molecule has 0 bridgehead atoms. The third-order valence-electron chi connectivity index (χ3n) is 2.50. The van der Waals surface area contributed by atoms with Gasteiger partial charge in [0.15, 0.2) is 5.82 Å². The molecule has 0 aliphatic rings. The summed E-state index contributed by atoms with van der Waals surface area (Å²) in [6.07, 6.45) is 0. The SMILES string of the molecule is NC(N)=O.c1ccc(-c2nnnn2-c2ccccc2)cc1. The minimum Gasteiger partial charge on any atom is -0.352 e. The number of rotatable bonds is 2. The minimum atomic E-state index is -0.833. The summed E-state index contributed by atoms with van der Waals surface area (Å²) in [4.78, 5) is 9.00. The van der Waals surface area contributed by atoms with Crippen LogP contribution in [0.1, 0.15) is 0 Å². The summed E-state index contributed by atoms with van der Waals surface area (Å²) in [5, 5.41) is 11.8. The van der Waals surface area contributed by atoms with Gasteiger partial charge in [-0.05, 0) is 22.6 Å². The zero-order valence-electron chi connectivity index (χ0n) is 11.1. The highest BCUT2D eigenvalue weighted by molar-refractivity contribution is 5.69. The summed E-state index contributed by atoms with van der Waals surface area (Å²) in [7, 11) is 0. The van der Waals surface area contributed by atoms with Crippen LogP contribution in [0.5, 0.6) is 0 Å². The molecule has 2 amide bonds. The molecule has 4 N–H and O–H groups in total. The first-order valence-corrected chi connectivity index (χ1v) is 6.12. The lowest BCUT2D eigenvalue weighted by atomic mass is 10.2. The van der Waals surface area contributed by atoms with Crippen molar-refractivity contribution < 1.29 is 4.79 Å². The molecule has 3 aromatic rings. The van der Waals surface area contributed by atoms with Crippen molar-refractivity contribution in [3.05, 3.63) is 60.7 Å². The summed E-state index contributed by atoms with van der Waals surface area (Å²) in [5.41, 5.74) is 10.5. The van der Waals surface area contributed by atoms with Crippen LogP contribution < -0.4 is 11.5 Å². The number of benzene rings is 2. The molecule has 0 spiro atoms. The van der Waals surface area contributed by atoms with Gasteiger partial charge in [-0.15, -0.1) is 5.10 Å². The molecule has 1 heterocycles. The lowest BCUT2D eigenvalue weighted by Crippen LogP contribution is -2.18. The lowest BCUT2D eigenvalue weighted by molar-refractivity contribution is 0.256. The monoisotopic (exact) mass is 282 g/mol. The summed E-state index contributed by atoms with van der Waals surface area (Å²) in [6.45, 7) is 0. The van der Waals surface area contributed by atoms with Crippen LogP contribution >= 0.6 is 0 Å². The van der Waals surface area contributed by atoms with Crippen LogP contribution in [0.3, 0.4) is 0 Å². The van der Waals surface area contributed by atoms with E-state index >= 15 is 0 Å². The van der Waals surface area contributed by atoms with E-state index in [-0.39, 0.29) is 0 Å². The third-order valence-corrected chi connectivity index (χ3v) is 2.50. The fraction of sp³-hybridized carbons (Fsp3) is 0. The standard InChI is InChI=1S/C13H10N4.CH4N2O/c1-3-7-11(8-4-1)13-14-15-16-17(13)12-9-5-2-6-10-12;2-1(3)4/h1-10H;(H4,2,3,4). The first kappa shape index (κ1) is 14.2. The number of nitrogens with zero attached hydrogens (tertiary/aromatic N) is 4. The Balaban J connectivity index is 0.000000361. The van der Waals surface area contributed by atoms with Crippen molar-refractivity contribution in [2.45, 2.75) is 0 Å². The number of nitrogens with two attached hydrogens (primary N) is 2. The predicted molar refractivity (Wildman–Crippen MR) is 78.4 cm³/mol. The first-order valence-electron chi connectivity index (χ1n) is 6.12. The average Bonchev–Trinajstić information content (AvgIpc) is 2.98. The van der Waals surface area contributed by atoms with Gasteiger partial charge in [-0.25, -0.2) is 4.79 Å². The van der Waals surface area contributed by atoms with Gasteiger partial charge in [0, 0.05) is 5.56 Å². The minimum absolute atomic E-state index is 0.747. The maximum Gasteiger partial charge on any atom is 0.309 e. The van der Waals surface area contributed by atoms with Gasteiger partial charge in [0.2, 0.25) is 0 Å². The molecule has 7 nitrogen and oxygen atoms in total. The Morgan fingerprint density at radius 1 is 0.905 bits per heavy atom. The number of urea groups is 1. The van der Waals surface area contributed by atoms with Crippen molar-refractivity contribution in [2.24, 2.45) is 11.5 Å². The first-order chi connectivity index (χ1) is 10.2. The fourth-order valence-electron chi connectivity index (χ4n) is 1.70. The Morgan fingerprint density at radius 3 is 2.00 bits per heavy atom. The van der Waals surface area contributed by atoms with Gasteiger partial charge in [0.05, 0.1) is 5.69 Å². The second kappa shape index (κ2) is 6.80. The number of carbonyl (C=O) groups is 1. The number of hydrogen-bond acceptors (Lipinski definition) is 4. The highest BCUT2D eigenvalue weighted by Gasteiger charge is 2.09. The van der Waals surface area contributed by atoms with Gasteiger partial charge < -0.3 is 11.5 Å². The van der Waals surface area contributed by atoms with Crippen LogP contribution in [-0.4, -0.2) is 26.2 Å². The number of hydrogen-bond donors (Lipinski definition) is 2. The van der Waals surface area contributed by atoms with E-state index in [1.165, 1.54) is 0 Å². The van der Waals surface area contributed by atoms with Crippen molar-refractivity contribution in [2.75, 3.05) is 0 Å². The number of tetrazole rings is 1. The summed E-state index contributed by atoms with van der Waals surface area (Å²) in [5.74, 6) is 0.747. The second-order valence-electron chi connectivity index (χ2n) is 4.02. The van der Waals surface area contributed by atoms with Crippen molar-refractivity contribution in [3.63, 3.8) is 0 Å². The molecular formula is C14H14N6O. The molecule has 0 unspecified atom stereocenters. The highest BCUT2D eigenvalue weighted by atomic mass is 16.2.